The van der Waals surface area contributed by atoms with Crippen LogP contribution in [0.3, 0.4) is 0 Å². The van der Waals surface area contributed by atoms with Crippen molar-refractivity contribution in [3.8, 4) is 0 Å². The Hall–Kier alpha value is -1.10. The number of anilines is 1. The van der Waals surface area contributed by atoms with Gasteiger partial charge in [-0.2, -0.15) is 0 Å². The van der Waals surface area contributed by atoms with Crippen LogP contribution in [0.5, 0.6) is 0 Å². The molecular formula is C19H33IN6OS. The molecule has 2 aliphatic heterocycles. The molecule has 1 amide bonds. The fraction of sp³-hybridized carbons (Fsp3) is 0.737. The zero-order chi connectivity index (χ0) is 18.9. The predicted octanol–water partition coefficient (Wildman–Crippen LogP) is 2.47. The number of guanidine groups is 1. The highest BCUT2D eigenvalue weighted by Crippen LogP contribution is 2.24. The topological polar surface area (TPSA) is 72.9 Å². The van der Waals surface area contributed by atoms with Crippen LogP contribution in [0.15, 0.2) is 10.4 Å². The van der Waals surface area contributed by atoms with Crippen LogP contribution in [-0.2, 0) is 11.2 Å². The molecule has 0 atom stereocenters. The quantitative estimate of drug-likeness (QED) is 0.227. The number of carbonyl (C=O) groups excluding carboxylic acids is 1. The third-order valence-corrected chi connectivity index (χ3v) is 5.91. The summed E-state index contributed by atoms with van der Waals surface area (Å²) >= 11 is 1.75. The van der Waals surface area contributed by atoms with Crippen molar-refractivity contribution in [1.29, 1.82) is 0 Å². The second kappa shape index (κ2) is 12.5. The van der Waals surface area contributed by atoms with Crippen LogP contribution in [0.25, 0.3) is 0 Å². The van der Waals surface area contributed by atoms with Gasteiger partial charge in [0.15, 0.2) is 11.1 Å². The van der Waals surface area contributed by atoms with Gasteiger partial charge in [-0.3, -0.25) is 9.79 Å². The third-order valence-electron chi connectivity index (χ3n) is 4.96. The summed E-state index contributed by atoms with van der Waals surface area (Å²) in [5, 5.41) is 10.0. The number of nitrogens with one attached hydrogen (secondary N) is 2. The monoisotopic (exact) mass is 520 g/mol. The molecule has 0 unspecified atom stereocenters. The average Bonchev–Trinajstić information content (AvgIpc) is 3.41. The number of thiazole rings is 1. The molecule has 0 spiro atoms. The van der Waals surface area contributed by atoms with Crippen molar-refractivity contribution in [3.63, 3.8) is 0 Å². The van der Waals surface area contributed by atoms with Gasteiger partial charge in [0.25, 0.3) is 0 Å². The largest absolute Gasteiger partial charge is 0.357 e. The zero-order valence-corrected chi connectivity index (χ0v) is 19.9. The second-order valence-corrected chi connectivity index (χ2v) is 7.93. The number of hydrogen-bond acceptors (Lipinski definition) is 5. The molecule has 7 nitrogen and oxygen atoms in total. The van der Waals surface area contributed by atoms with Gasteiger partial charge < -0.3 is 20.4 Å². The summed E-state index contributed by atoms with van der Waals surface area (Å²) in [4.78, 5) is 25.4. The fourth-order valence-corrected chi connectivity index (χ4v) is 4.42. The Labute approximate surface area is 189 Å². The Bertz CT molecular complexity index is 632. The highest BCUT2D eigenvalue weighted by Gasteiger charge is 2.19. The van der Waals surface area contributed by atoms with Gasteiger partial charge in [0.1, 0.15) is 0 Å². The van der Waals surface area contributed by atoms with Gasteiger partial charge >= 0.3 is 0 Å². The maximum absolute atomic E-state index is 11.6. The standard InChI is InChI=1S/C19H32N6OS.HI/c1-2-20-18(21-9-6-14-24-13-5-7-17(24)26)22-10-8-16-15-27-19(23-16)25-11-3-4-12-25;/h15H,2-14H2,1H3,(H2,20,21,22);1H. The molecule has 0 bridgehead atoms. The van der Waals surface area contributed by atoms with Crippen LogP contribution in [-0.4, -0.2) is 67.6 Å². The fourth-order valence-electron chi connectivity index (χ4n) is 3.51. The Morgan fingerprint density at radius 2 is 2.07 bits per heavy atom. The lowest BCUT2D eigenvalue weighted by molar-refractivity contribution is -0.127. The van der Waals surface area contributed by atoms with Crippen LogP contribution in [0, 0.1) is 0 Å². The Balaban J connectivity index is 0.00000280. The van der Waals surface area contributed by atoms with Gasteiger partial charge in [-0.15, -0.1) is 35.3 Å². The van der Waals surface area contributed by atoms with E-state index in [1.807, 2.05) is 4.90 Å². The van der Waals surface area contributed by atoms with E-state index < -0.39 is 0 Å². The van der Waals surface area contributed by atoms with Crippen molar-refractivity contribution < 1.29 is 4.79 Å². The first-order chi connectivity index (χ1) is 13.3. The molecule has 2 N–H and O–H groups in total. The minimum Gasteiger partial charge on any atom is -0.357 e. The van der Waals surface area contributed by atoms with Crippen molar-refractivity contribution in [2.45, 2.75) is 45.4 Å². The molecular weight excluding hydrogens is 487 g/mol. The van der Waals surface area contributed by atoms with Crippen molar-refractivity contribution in [3.05, 3.63) is 11.1 Å². The molecule has 0 saturated carbocycles. The summed E-state index contributed by atoms with van der Waals surface area (Å²) in [6, 6.07) is 0. The SMILES string of the molecule is CCNC(=NCCCN1CCCC1=O)NCCc1csc(N2CCCC2)n1.I. The van der Waals surface area contributed by atoms with Gasteiger partial charge in [0, 0.05) is 64.0 Å². The molecule has 28 heavy (non-hydrogen) atoms. The lowest BCUT2D eigenvalue weighted by atomic mass is 10.3. The Morgan fingerprint density at radius 1 is 1.25 bits per heavy atom. The van der Waals surface area contributed by atoms with Crippen LogP contribution >= 0.6 is 35.3 Å². The summed E-state index contributed by atoms with van der Waals surface area (Å²) in [5.74, 6) is 1.14. The molecule has 2 saturated heterocycles. The van der Waals surface area contributed by atoms with Crippen molar-refractivity contribution in [1.82, 2.24) is 20.5 Å². The molecule has 158 valence electrons. The molecule has 0 radical (unpaired) electrons. The number of amides is 1. The first kappa shape index (κ1) is 23.2. The van der Waals surface area contributed by atoms with Gasteiger partial charge in [-0.1, -0.05) is 0 Å². The number of rotatable bonds is 9. The van der Waals surface area contributed by atoms with E-state index in [1.54, 1.807) is 11.3 Å². The molecule has 9 heteroatoms. The first-order valence-electron chi connectivity index (χ1n) is 10.3. The molecule has 0 aliphatic carbocycles. The van der Waals surface area contributed by atoms with Gasteiger partial charge in [-0.25, -0.2) is 4.98 Å². The number of aliphatic imine (C=N–C) groups is 1. The summed E-state index contributed by atoms with van der Waals surface area (Å²) in [6.07, 6.45) is 6.09. The van der Waals surface area contributed by atoms with Crippen LogP contribution in [0.2, 0.25) is 0 Å². The van der Waals surface area contributed by atoms with E-state index in [0.717, 1.165) is 76.7 Å². The highest BCUT2D eigenvalue weighted by molar-refractivity contribution is 14.0. The molecule has 3 rings (SSSR count). The van der Waals surface area contributed by atoms with Crippen LogP contribution in [0.4, 0.5) is 5.13 Å². The summed E-state index contributed by atoms with van der Waals surface area (Å²) < 4.78 is 0. The maximum Gasteiger partial charge on any atom is 0.222 e. The van der Waals surface area contributed by atoms with E-state index in [1.165, 1.54) is 18.0 Å². The molecule has 1 aromatic heterocycles. The van der Waals surface area contributed by atoms with E-state index >= 15 is 0 Å². The van der Waals surface area contributed by atoms with E-state index in [2.05, 4.69) is 32.8 Å². The molecule has 2 fully saturated rings. The number of nitrogens with zero attached hydrogens (tertiary/aromatic N) is 4. The van der Waals surface area contributed by atoms with Gasteiger partial charge in [0.2, 0.25) is 5.91 Å². The van der Waals surface area contributed by atoms with E-state index in [-0.39, 0.29) is 24.0 Å². The molecule has 1 aromatic rings. The van der Waals surface area contributed by atoms with E-state index in [4.69, 9.17) is 4.98 Å². The van der Waals surface area contributed by atoms with E-state index in [9.17, 15) is 4.79 Å². The van der Waals surface area contributed by atoms with Crippen LogP contribution < -0.4 is 15.5 Å². The van der Waals surface area contributed by atoms with Crippen molar-refractivity contribution in [2.24, 2.45) is 4.99 Å². The lowest BCUT2D eigenvalue weighted by Gasteiger charge is -2.15. The number of carbonyl (C=O) groups is 1. The number of hydrogen-bond donors (Lipinski definition) is 2. The van der Waals surface area contributed by atoms with Gasteiger partial charge in [0.05, 0.1) is 5.69 Å². The highest BCUT2D eigenvalue weighted by atomic mass is 127. The number of halogens is 1. The average molecular weight is 520 g/mol. The normalized spacial score (nSPS) is 17.2. The lowest BCUT2D eigenvalue weighted by Crippen LogP contribution is -2.38. The summed E-state index contributed by atoms with van der Waals surface area (Å²) in [6.45, 7) is 8.48. The second-order valence-electron chi connectivity index (χ2n) is 7.09. The molecule has 0 aromatic carbocycles. The van der Waals surface area contributed by atoms with E-state index in [0.29, 0.717) is 12.3 Å². The van der Waals surface area contributed by atoms with Gasteiger partial charge in [-0.05, 0) is 32.6 Å². The maximum atomic E-state index is 11.6. The first-order valence-corrected chi connectivity index (χ1v) is 11.1. The summed E-state index contributed by atoms with van der Waals surface area (Å²) in [7, 11) is 0. The number of aromatic nitrogens is 1. The summed E-state index contributed by atoms with van der Waals surface area (Å²) in [5.41, 5.74) is 1.15. The molecule has 3 heterocycles. The molecule has 2 aliphatic rings. The van der Waals surface area contributed by atoms with Crippen LogP contribution in [0.1, 0.15) is 44.7 Å². The Morgan fingerprint density at radius 3 is 2.79 bits per heavy atom. The zero-order valence-electron chi connectivity index (χ0n) is 16.8. The minimum absolute atomic E-state index is 0. The Kier molecular flexibility index (Phi) is 10.3. The van der Waals surface area contributed by atoms with Crippen molar-refractivity contribution in [2.75, 3.05) is 50.7 Å². The minimum atomic E-state index is 0. The number of likely N-dealkylation sites (tertiary alicyclic amines) is 1. The van der Waals surface area contributed by atoms with Crippen molar-refractivity contribution >= 4 is 52.3 Å². The smallest absolute Gasteiger partial charge is 0.222 e. The third kappa shape index (κ3) is 7.06. The predicted molar refractivity (Wildman–Crippen MR) is 127 cm³/mol.